The van der Waals surface area contributed by atoms with E-state index in [4.69, 9.17) is 4.74 Å². The van der Waals surface area contributed by atoms with Crippen molar-refractivity contribution >= 4 is 27.7 Å². The Morgan fingerprint density at radius 2 is 1.78 bits per heavy atom. The summed E-state index contributed by atoms with van der Waals surface area (Å²) in [5.41, 5.74) is 2.36. The standard InChI is InChI=1S/C20H24N2O4S/c1-14(2)22-27(24,25)18-9-7-17(8-10-18)21-20(23)12-6-16-13-15(3)5-11-19(16)26-4/h5-14,22H,1-4H3,(H,21,23). The molecule has 2 N–H and O–H groups in total. The van der Waals surface area contributed by atoms with Gasteiger partial charge in [-0.1, -0.05) is 11.6 Å². The van der Waals surface area contributed by atoms with Gasteiger partial charge in [0, 0.05) is 23.4 Å². The SMILES string of the molecule is COc1ccc(C)cc1C=CC(=O)Nc1ccc(S(=O)(=O)NC(C)C)cc1. The summed E-state index contributed by atoms with van der Waals surface area (Å²) in [5, 5.41) is 2.70. The second-order valence-corrected chi connectivity index (χ2v) is 8.08. The lowest BCUT2D eigenvalue weighted by Gasteiger charge is -2.10. The molecule has 0 spiro atoms. The zero-order valence-electron chi connectivity index (χ0n) is 15.8. The number of methoxy groups -OCH3 is 1. The highest BCUT2D eigenvalue weighted by molar-refractivity contribution is 7.89. The molecule has 0 saturated heterocycles. The van der Waals surface area contributed by atoms with Crippen LogP contribution in [0.25, 0.3) is 6.08 Å². The number of rotatable bonds is 7. The van der Waals surface area contributed by atoms with E-state index in [1.165, 1.54) is 18.2 Å². The molecule has 0 aromatic heterocycles. The van der Waals surface area contributed by atoms with E-state index in [0.29, 0.717) is 11.4 Å². The predicted molar refractivity (Wildman–Crippen MR) is 107 cm³/mol. The van der Waals surface area contributed by atoms with Gasteiger partial charge in [-0.05, 0) is 63.2 Å². The van der Waals surface area contributed by atoms with Gasteiger partial charge in [-0.25, -0.2) is 13.1 Å². The Balaban J connectivity index is 2.07. The molecule has 27 heavy (non-hydrogen) atoms. The van der Waals surface area contributed by atoms with Gasteiger partial charge in [0.1, 0.15) is 5.75 Å². The Morgan fingerprint density at radius 3 is 2.37 bits per heavy atom. The highest BCUT2D eigenvalue weighted by Gasteiger charge is 2.15. The predicted octanol–water partition coefficient (Wildman–Crippen LogP) is 3.34. The Labute approximate surface area is 160 Å². The van der Waals surface area contributed by atoms with Crippen LogP contribution in [0.5, 0.6) is 5.75 Å². The van der Waals surface area contributed by atoms with Crippen molar-refractivity contribution < 1.29 is 17.9 Å². The van der Waals surface area contributed by atoms with Gasteiger partial charge < -0.3 is 10.1 Å². The summed E-state index contributed by atoms with van der Waals surface area (Å²) in [6.45, 7) is 5.46. The molecule has 1 amide bonds. The molecular weight excluding hydrogens is 364 g/mol. The van der Waals surface area contributed by atoms with E-state index >= 15 is 0 Å². The molecule has 0 radical (unpaired) electrons. The molecular formula is C20H24N2O4S. The van der Waals surface area contributed by atoms with Gasteiger partial charge in [-0.15, -0.1) is 0 Å². The van der Waals surface area contributed by atoms with Crippen LogP contribution < -0.4 is 14.8 Å². The second kappa shape index (κ2) is 8.83. The van der Waals surface area contributed by atoms with E-state index in [-0.39, 0.29) is 16.8 Å². The number of sulfonamides is 1. The average Bonchev–Trinajstić information content (AvgIpc) is 2.59. The van der Waals surface area contributed by atoms with Crippen LogP contribution in [0, 0.1) is 6.92 Å². The molecule has 2 rings (SSSR count). The molecule has 0 heterocycles. The molecule has 144 valence electrons. The van der Waals surface area contributed by atoms with Crippen LogP contribution in [0.1, 0.15) is 25.0 Å². The number of nitrogens with one attached hydrogen (secondary N) is 2. The summed E-state index contributed by atoms with van der Waals surface area (Å²) in [7, 11) is -1.98. The lowest BCUT2D eigenvalue weighted by atomic mass is 10.1. The fraction of sp³-hybridized carbons (Fsp3) is 0.250. The van der Waals surface area contributed by atoms with Gasteiger partial charge in [-0.2, -0.15) is 0 Å². The maximum Gasteiger partial charge on any atom is 0.248 e. The molecule has 0 saturated carbocycles. The fourth-order valence-corrected chi connectivity index (χ4v) is 3.68. The molecule has 6 nitrogen and oxygen atoms in total. The van der Waals surface area contributed by atoms with Crippen LogP contribution in [0.15, 0.2) is 53.4 Å². The van der Waals surface area contributed by atoms with Crippen molar-refractivity contribution in [2.75, 3.05) is 12.4 Å². The summed E-state index contributed by atoms with van der Waals surface area (Å²) >= 11 is 0. The highest BCUT2D eigenvalue weighted by atomic mass is 32.2. The van der Waals surface area contributed by atoms with Crippen LogP contribution in [0.4, 0.5) is 5.69 Å². The van der Waals surface area contributed by atoms with Crippen molar-refractivity contribution in [2.24, 2.45) is 0 Å². The molecule has 7 heteroatoms. The van der Waals surface area contributed by atoms with Crippen LogP contribution >= 0.6 is 0 Å². The number of hydrogen-bond acceptors (Lipinski definition) is 4. The van der Waals surface area contributed by atoms with Crippen molar-refractivity contribution in [1.82, 2.24) is 4.72 Å². The minimum absolute atomic E-state index is 0.147. The van der Waals surface area contributed by atoms with Gasteiger partial charge in [-0.3, -0.25) is 4.79 Å². The summed E-state index contributed by atoms with van der Waals surface area (Å²) in [4.78, 5) is 12.3. The van der Waals surface area contributed by atoms with Crippen LogP contribution in [0.3, 0.4) is 0 Å². The Morgan fingerprint density at radius 1 is 1.11 bits per heavy atom. The topological polar surface area (TPSA) is 84.5 Å². The third-order valence-corrected chi connectivity index (χ3v) is 5.30. The first kappa shape index (κ1) is 20.7. The lowest BCUT2D eigenvalue weighted by Crippen LogP contribution is -2.30. The molecule has 0 aliphatic heterocycles. The van der Waals surface area contributed by atoms with E-state index in [1.807, 2.05) is 25.1 Å². The van der Waals surface area contributed by atoms with Gasteiger partial charge >= 0.3 is 0 Å². The van der Waals surface area contributed by atoms with Crippen LogP contribution in [-0.4, -0.2) is 27.5 Å². The van der Waals surface area contributed by atoms with Crippen molar-refractivity contribution in [2.45, 2.75) is 31.7 Å². The fourth-order valence-electron chi connectivity index (χ4n) is 2.43. The quantitative estimate of drug-likeness (QED) is 0.713. The molecule has 0 atom stereocenters. The number of benzene rings is 2. The third-order valence-electron chi connectivity index (χ3n) is 3.62. The lowest BCUT2D eigenvalue weighted by molar-refractivity contribution is -0.111. The summed E-state index contributed by atoms with van der Waals surface area (Å²) in [6, 6.07) is 11.5. The van der Waals surface area contributed by atoms with Crippen LogP contribution in [-0.2, 0) is 14.8 Å². The smallest absolute Gasteiger partial charge is 0.248 e. The molecule has 0 aliphatic rings. The molecule has 2 aromatic carbocycles. The molecule has 0 bridgehead atoms. The summed E-state index contributed by atoms with van der Waals surface area (Å²) in [6.07, 6.45) is 3.08. The number of anilines is 1. The van der Waals surface area contributed by atoms with Gasteiger partial charge in [0.15, 0.2) is 0 Å². The third kappa shape index (κ3) is 5.94. The summed E-state index contributed by atoms with van der Waals surface area (Å²) in [5.74, 6) is 0.353. The number of hydrogen-bond donors (Lipinski definition) is 2. The minimum Gasteiger partial charge on any atom is -0.496 e. The second-order valence-electron chi connectivity index (χ2n) is 6.37. The zero-order valence-corrected chi connectivity index (χ0v) is 16.6. The first-order chi connectivity index (χ1) is 12.7. The number of amides is 1. The first-order valence-electron chi connectivity index (χ1n) is 8.47. The summed E-state index contributed by atoms with van der Waals surface area (Å²) < 4.78 is 32.0. The van der Waals surface area contributed by atoms with E-state index in [1.54, 1.807) is 39.2 Å². The van der Waals surface area contributed by atoms with Crippen molar-refractivity contribution in [3.8, 4) is 5.75 Å². The highest BCUT2D eigenvalue weighted by Crippen LogP contribution is 2.21. The molecule has 0 unspecified atom stereocenters. The van der Waals surface area contributed by atoms with Gasteiger partial charge in [0.25, 0.3) is 0 Å². The maximum absolute atomic E-state index is 12.1. The Bertz CT molecular complexity index is 933. The van der Waals surface area contributed by atoms with E-state index in [0.717, 1.165) is 11.1 Å². The van der Waals surface area contributed by atoms with E-state index < -0.39 is 10.0 Å². The monoisotopic (exact) mass is 388 g/mol. The average molecular weight is 388 g/mol. The number of carbonyl (C=O) groups excluding carboxylic acids is 1. The van der Waals surface area contributed by atoms with E-state index in [2.05, 4.69) is 10.0 Å². The van der Waals surface area contributed by atoms with Gasteiger partial charge in [0.2, 0.25) is 15.9 Å². The van der Waals surface area contributed by atoms with Crippen molar-refractivity contribution in [3.05, 3.63) is 59.7 Å². The van der Waals surface area contributed by atoms with Crippen molar-refractivity contribution in [1.29, 1.82) is 0 Å². The molecule has 2 aromatic rings. The normalized spacial score (nSPS) is 11.7. The zero-order chi connectivity index (χ0) is 20.0. The number of aryl methyl sites for hydroxylation is 1. The Kier molecular flexibility index (Phi) is 6.76. The van der Waals surface area contributed by atoms with E-state index in [9.17, 15) is 13.2 Å². The molecule has 0 fully saturated rings. The number of carbonyl (C=O) groups is 1. The van der Waals surface area contributed by atoms with Gasteiger partial charge in [0.05, 0.1) is 12.0 Å². The first-order valence-corrected chi connectivity index (χ1v) is 9.95. The maximum atomic E-state index is 12.1. The van der Waals surface area contributed by atoms with Crippen molar-refractivity contribution in [3.63, 3.8) is 0 Å². The Hall–Kier alpha value is -2.64. The van der Waals surface area contributed by atoms with Crippen LogP contribution in [0.2, 0.25) is 0 Å². The number of ether oxygens (including phenoxy) is 1. The largest absolute Gasteiger partial charge is 0.496 e. The molecule has 0 aliphatic carbocycles. The minimum atomic E-state index is -3.55.